The third-order valence-electron chi connectivity index (χ3n) is 2.36. The van der Waals surface area contributed by atoms with Gasteiger partial charge in [-0.1, -0.05) is 0 Å². The fraction of sp³-hybridized carbons (Fsp3) is 0.182. The van der Waals surface area contributed by atoms with E-state index in [1.54, 1.807) is 0 Å². The van der Waals surface area contributed by atoms with Gasteiger partial charge >= 0.3 is 6.18 Å². The topological polar surface area (TPSA) is 33.1 Å². The van der Waals surface area contributed by atoms with Crippen LogP contribution in [-0.4, -0.2) is 10.1 Å². The van der Waals surface area contributed by atoms with Gasteiger partial charge in [0.1, 0.15) is 17.3 Å². The number of fused-ring (bicyclic) bond motifs is 1. The quantitative estimate of drug-likeness (QED) is 0.721. The summed E-state index contributed by atoms with van der Waals surface area (Å²) in [4.78, 5) is 3.28. The van der Waals surface area contributed by atoms with Gasteiger partial charge in [0.25, 0.3) is 0 Å². The van der Waals surface area contributed by atoms with Crippen molar-refractivity contribution < 1.29 is 22.7 Å². The lowest BCUT2D eigenvalue weighted by atomic mass is 10.1. The van der Waals surface area contributed by atoms with E-state index in [2.05, 4.69) is 4.98 Å². The number of pyridine rings is 1. The Morgan fingerprint density at radius 1 is 1.18 bits per heavy atom. The maximum atomic E-state index is 13.2. The molecule has 0 atom stereocenters. The Morgan fingerprint density at radius 2 is 1.82 bits per heavy atom. The molecular formula is C11H7F4NO. The van der Waals surface area contributed by atoms with E-state index in [0.29, 0.717) is 6.07 Å². The molecule has 1 aromatic carbocycles. The first-order valence-corrected chi connectivity index (χ1v) is 4.66. The van der Waals surface area contributed by atoms with Gasteiger partial charge in [-0.2, -0.15) is 13.2 Å². The van der Waals surface area contributed by atoms with Gasteiger partial charge in [0.15, 0.2) is 0 Å². The van der Waals surface area contributed by atoms with E-state index in [4.69, 9.17) is 0 Å². The Hall–Kier alpha value is -1.85. The third kappa shape index (κ3) is 2.02. The molecule has 2 rings (SSSR count). The molecule has 0 spiro atoms. The average Bonchev–Trinajstić information content (AvgIpc) is 2.19. The molecule has 1 aromatic heterocycles. The summed E-state index contributed by atoms with van der Waals surface area (Å²) in [6.07, 6.45) is -4.67. The molecular weight excluding hydrogens is 238 g/mol. The van der Waals surface area contributed by atoms with Gasteiger partial charge in [0.2, 0.25) is 0 Å². The first kappa shape index (κ1) is 11.6. The van der Waals surface area contributed by atoms with Crippen molar-refractivity contribution in [1.82, 2.24) is 4.98 Å². The molecule has 0 aliphatic heterocycles. The summed E-state index contributed by atoms with van der Waals surface area (Å²) >= 11 is 0. The lowest BCUT2D eigenvalue weighted by Crippen LogP contribution is -2.07. The zero-order valence-electron chi connectivity index (χ0n) is 8.64. The first-order valence-electron chi connectivity index (χ1n) is 4.66. The third-order valence-corrected chi connectivity index (χ3v) is 2.36. The fourth-order valence-electron chi connectivity index (χ4n) is 1.48. The summed E-state index contributed by atoms with van der Waals surface area (Å²) in [6.45, 7) is 1.45. The normalized spacial score (nSPS) is 12.1. The molecule has 2 nitrogen and oxygen atoms in total. The van der Waals surface area contributed by atoms with Crippen LogP contribution in [0.1, 0.15) is 11.3 Å². The number of aryl methyl sites for hydroxylation is 1. The highest BCUT2D eigenvalue weighted by Crippen LogP contribution is 2.34. The molecule has 2 aromatic rings. The van der Waals surface area contributed by atoms with Crippen molar-refractivity contribution in [3.8, 4) is 5.75 Å². The number of benzene rings is 1. The molecule has 0 bridgehead atoms. The zero-order valence-corrected chi connectivity index (χ0v) is 8.64. The molecule has 90 valence electrons. The summed E-state index contributed by atoms with van der Waals surface area (Å²) in [5, 5.41) is 9.56. The number of nitrogens with zero attached hydrogens (tertiary/aromatic N) is 1. The highest BCUT2D eigenvalue weighted by Gasteiger charge is 2.33. The van der Waals surface area contributed by atoms with Crippen LogP contribution in [0, 0.1) is 12.7 Å². The number of hydrogen-bond acceptors (Lipinski definition) is 2. The Kier molecular flexibility index (Phi) is 2.45. The minimum absolute atomic E-state index is 0.0944. The lowest BCUT2D eigenvalue weighted by Gasteiger charge is -2.09. The maximum Gasteiger partial charge on any atom is 0.433 e. The standard InChI is InChI=1S/C11H7F4NO/c1-5-2-6-8(3-7(5)12)16-10(4-9(6)17)11(13,14)15/h2-4H,1H3,(H,16,17). The van der Waals surface area contributed by atoms with E-state index in [1.165, 1.54) is 13.0 Å². The van der Waals surface area contributed by atoms with Gasteiger partial charge in [-0.3, -0.25) is 0 Å². The van der Waals surface area contributed by atoms with Crippen molar-refractivity contribution in [3.63, 3.8) is 0 Å². The highest BCUT2D eigenvalue weighted by atomic mass is 19.4. The Balaban J connectivity index is 2.78. The van der Waals surface area contributed by atoms with Crippen LogP contribution in [0.5, 0.6) is 5.75 Å². The van der Waals surface area contributed by atoms with E-state index < -0.39 is 23.4 Å². The number of rotatable bonds is 0. The van der Waals surface area contributed by atoms with Crippen LogP contribution in [-0.2, 0) is 6.18 Å². The van der Waals surface area contributed by atoms with Gasteiger partial charge in [0.05, 0.1) is 5.52 Å². The highest BCUT2D eigenvalue weighted by molar-refractivity contribution is 5.85. The van der Waals surface area contributed by atoms with Crippen molar-refractivity contribution in [2.75, 3.05) is 0 Å². The van der Waals surface area contributed by atoms with Crippen LogP contribution in [0.3, 0.4) is 0 Å². The van der Waals surface area contributed by atoms with Crippen molar-refractivity contribution in [1.29, 1.82) is 0 Å². The van der Waals surface area contributed by atoms with Crippen molar-refractivity contribution >= 4 is 10.9 Å². The second-order valence-electron chi connectivity index (χ2n) is 3.64. The monoisotopic (exact) mass is 245 g/mol. The molecule has 0 aliphatic rings. The summed E-state index contributed by atoms with van der Waals surface area (Å²) < 4.78 is 50.4. The molecule has 0 aliphatic carbocycles. The smallest absolute Gasteiger partial charge is 0.433 e. The molecule has 1 heterocycles. The Morgan fingerprint density at radius 3 is 2.41 bits per heavy atom. The minimum atomic E-state index is -4.67. The molecule has 6 heteroatoms. The molecule has 0 unspecified atom stereocenters. The second kappa shape index (κ2) is 3.58. The van der Waals surface area contributed by atoms with Crippen LogP contribution in [0.2, 0.25) is 0 Å². The second-order valence-corrected chi connectivity index (χ2v) is 3.64. The Labute approximate surface area is 93.5 Å². The summed E-state index contributed by atoms with van der Waals surface area (Å²) in [5.74, 6) is -1.23. The predicted octanol–water partition coefficient (Wildman–Crippen LogP) is 3.41. The van der Waals surface area contributed by atoms with E-state index in [0.717, 1.165) is 6.07 Å². The lowest BCUT2D eigenvalue weighted by molar-refractivity contribution is -0.141. The van der Waals surface area contributed by atoms with E-state index in [-0.39, 0.29) is 16.5 Å². The number of aromatic nitrogens is 1. The molecule has 0 saturated heterocycles. The van der Waals surface area contributed by atoms with Crippen LogP contribution < -0.4 is 0 Å². The minimum Gasteiger partial charge on any atom is -0.507 e. The maximum absolute atomic E-state index is 13.2. The van der Waals surface area contributed by atoms with Gasteiger partial charge in [-0.15, -0.1) is 0 Å². The number of halogens is 4. The van der Waals surface area contributed by atoms with Gasteiger partial charge in [0, 0.05) is 17.5 Å². The van der Waals surface area contributed by atoms with Gasteiger partial charge in [-0.05, 0) is 18.6 Å². The summed E-state index contributed by atoms with van der Waals surface area (Å²) in [5.41, 5.74) is -1.24. The van der Waals surface area contributed by atoms with E-state index in [9.17, 15) is 22.7 Å². The molecule has 1 N–H and O–H groups in total. The van der Waals surface area contributed by atoms with Crippen molar-refractivity contribution in [2.24, 2.45) is 0 Å². The number of alkyl halides is 3. The van der Waals surface area contributed by atoms with E-state index in [1.807, 2.05) is 0 Å². The van der Waals surface area contributed by atoms with Gasteiger partial charge < -0.3 is 5.11 Å². The average molecular weight is 245 g/mol. The predicted molar refractivity (Wildman–Crippen MR) is 53.1 cm³/mol. The first-order chi connectivity index (χ1) is 7.79. The SMILES string of the molecule is Cc1cc2c(O)cc(C(F)(F)F)nc2cc1F. The fourth-order valence-corrected chi connectivity index (χ4v) is 1.48. The molecule has 0 radical (unpaired) electrons. The largest absolute Gasteiger partial charge is 0.507 e. The number of aromatic hydroxyl groups is 1. The van der Waals surface area contributed by atoms with Crippen molar-refractivity contribution in [3.05, 3.63) is 35.3 Å². The summed E-state index contributed by atoms with van der Waals surface area (Å²) in [6, 6.07) is 2.66. The zero-order chi connectivity index (χ0) is 12.8. The summed E-state index contributed by atoms with van der Waals surface area (Å²) in [7, 11) is 0. The van der Waals surface area contributed by atoms with Gasteiger partial charge in [-0.25, -0.2) is 9.37 Å². The molecule has 17 heavy (non-hydrogen) atoms. The molecule has 0 amide bonds. The number of hydrogen-bond donors (Lipinski definition) is 1. The van der Waals surface area contributed by atoms with Crippen LogP contribution in [0.4, 0.5) is 17.6 Å². The Bertz CT molecular complexity index is 592. The van der Waals surface area contributed by atoms with Crippen molar-refractivity contribution in [2.45, 2.75) is 13.1 Å². The van der Waals surface area contributed by atoms with E-state index >= 15 is 0 Å². The van der Waals surface area contributed by atoms with Crippen LogP contribution in [0.25, 0.3) is 10.9 Å². The van der Waals surface area contributed by atoms with Crippen LogP contribution >= 0.6 is 0 Å². The molecule has 0 saturated carbocycles. The van der Waals surface area contributed by atoms with Crippen LogP contribution in [0.15, 0.2) is 18.2 Å². The molecule has 0 fully saturated rings.